The third-order valence-corrected chi connectivity index (χ3v) is 5.44. The van der Waals surface area contributed by atoms with E-state index in [4.69, 9.17) is 0 Å². The van der Waals surface area contributed by atoms with Gasteiger partial charge in [0.05, 0.1) is 5.69 Å². The molecule has 19 heavy (non-hydrogen) atoms. The number of halogens is 1. The summed E-state index contributed by atoms with van der Waals surface area (Å²) < 4.78 is 39.7. The summed E-state index contributed by atoms with van der Waals surface area (Å²) in [5.41, 5.74) is 3.32. The summed E-state index contributed by atoms with van der Waals surface area (Å²) in [6.45, 7) is 5.63. The summed E-state index contributed by atoms with van der Waals surface area (Å²) in [7, 11) is -3.72. The maximum Gasteiger partial charge on any atom is 0.271 e. The number of aryl methyl sites for hydroxylation is 3. The number of rotatable bonds is 3. The lowest BCUT2D eigenvalue weighted by Gasteiger charge is -2.13. The third-order valence-electron chi connectivity index (χ3n) is 2.73. The first-order valence-electron chi connectivity index (χ1n) is 5.65. The zero-order valence-electron chi connectivity index (χ0n) is 10.8. The predicted octanol–water partition coefficient (Wildman–Crippen LogP) is 3.61. The molecule has 0 saturated heterocycles. The average Bonchev–Trinajstić information content (AvgIpc) is 2.71. The molecule has 0 saturated carbocycles. The Hall–Kier alpha value is -1.40. The first-order chi connectivity index (χ1) is 8.79. The average molecular weight is 299 g/mol. The second kappa shape index (κ2) is 4.94. The van der Waals surface area contributed by atoms with Crippen LogP contribution >= 0.6 is 11.3 Å². The molecule has 1 heterocycles. The van der Waals surface area contributed by atoms with Gasteiger partial charge < -0.3 is 0 Å². The van der Waals surface area contributed by atoms with Crippen LogP contribution in [0.15, 0.2) is 28.5 Å². The molecule has 0 fully saturated rings. The highest BCUT2D eigenvalue weighted by atomic mass is 32.2. The van der Waals surface area contributed by atoms with E-state index in [0.29, 0.717) is 17.0 Å². The number of hydrogen-bond donors (Lipinski definition) is 1. The van der Waals surface area contributed by atoms with Crippen molar-refractivity contribution in [1.29, 1.82) is 0 Å². The maximum absolute atomic E-state index is 12.9. The fourth-order valence-electron chi connectivity index (χ4n) is 1.97. The van der Waals surface area contributed by atoms with Gasteiger partial charge in [-0.25, -0.2) is 8.42 Å². The van der Waals surface area contributed by atoms with Crippen LogP contribution in [0.5, 0.6) is 0 Å². The Balaban J connectivity index is 2.41. The molecule has 0 radical (unpaired) electrons. The Morgan fingerprint density at radius 3 is 2.16 bits per heavy atom. The van der Waals surface area contributed by atoms with E-state index < -0.39 is 15.2 Å². The van der Waals surface area contributed by atoms with Crippen LogP contribution in [0.25, 0.3) is 0 Å². The molecule has 3 nitrogen and oxygen atoms in total. The molecule has 102 valence electrons. The Morgan fingerprint density at radius 1 is 1.11 bits per heavy atom. The van der Waals surface area contributed by atoms with Gasteiger partial charge in [-0.2, -0.15) is 4.39 Å². The van der Waals surface area contributed by atoms with Crippen molar-refractivity contribution in [1.82, 2.24) is 0 Å². The monoisotopic (exact) mass is 299 g/mol. The molecular weight excluding hydrogens is 285 g/mol. The van der Waals surface area contributed by atoms with E-state index in [9.17, 15) is 12.8 Å². The highest BCUT2D eigenvalue weighted by Gasteiger charge is 2.19. The molecule has 1 aromatic carbocycles. The van der Waals surface area contributed by atoms with Crippen molar-refractivity contribution < 1.29 is 12.8 Å². The van der Waals surface area contributed by atoms with E-state index >= 15 is 0 Å². The van der Waals surface area contributed by atoms with Gasteiger partial charge in [0.15, 0.2) is 5.13 Å². The summed E-state index contributed by atoms with van der Waals surface area (Å²) >= 11 is 0.612. The maximum atomic E-state index is 12.9. The Bertz CT molecular complexity index is 697. The SMILES string of the molecule is Cc1cc(C)c(NS(=O)(=O)c2ccc(F)s2)c(C)c1. The van der Waals surface area contributed by atoms with Crippen LogP contribution in [-0.2, 0) is 10.0 Å². The smallest absolute Gasteiger partial charge is 0.271 e. The van der Waals surface area contributed by atoms with Gasteiger partial charge in [0.25, 0.3) is 10.0 Å². The van der Waals surface area contributed by atoms with Gasteiger partial charge in [0.2, 0.25) is 0 Å². The van der Waals surface area contributed by atoms with Crippen molar-refractivity contribution in [2.75, 3.05) is 4.72 Å². The minimum Gasteiger partial charge on any atom is -0.278 e. The normalized spacial score (nSPS) is 11.6. The van der Waals surface area contributed by atoms with E-state index in [0.717, 1.165) is 22.8 Å². The van der Waals surface area contributed by atoms with Crippen molar-refractivity contribution in [2.24, 2.45) is 0 Å². The number of thiophene rings is 1. The predicted molar refractivity (Wildman–Crippen MR) is 75.7 cm³/mol. The van der Waals surface area contributed by atoms with Crippen LogP contribution in [0.2, 0.25) is 0 Å². The van der Waals surface area contributed by atoms with Crippen molar-refractivity contribution >= 4 is 27.0 Å². The number of hydrogen-bond acceptors (Lipinski definition) is 3. The van der Waals surface area contributed by atoms with E-state index in [1.807, 2.05) is 32.9 Å². The second-order valence-corrected chi connectivity index (χ2v) is 7.38. The highest BCUT2D eigenvalue weighted by Crippen LogP contribution is 2.27. The number of benzene rings is 1. The van der Waals surface area contributed by atoms with Crippen LogP contribution in [-0.4, -0.2) is 8.42 Å². The van der Waals surface area contributed by atoms with Crippen LogP contribution in [0.1, 0.15) is 16.7 Å². The molecule has 2 aromatic rings. The summed E-state index contributed by atoms with van der Waals surface area (Å²) in [6, 6.07) is 6.22. The van der Waals surface area contributed by atoms with Crippen molar-refractivity contribution in [3.8, 4) is 0 Å². The molecule has 0 amide bonds. The fraction of sp³-hybridized carbons (Fsp3) is 0.231. The topological polar surface area (TPSA) is 46.2 Å². The Morgan fingerprint density at radius 2 is 1.68 bits per heavy atom. The molecule has 0 unspecified atom stereocenters. The molecule has 0 aliphatic carbocycles. The van der Waals surface area contributed by atoms with E-state index in [1.54, 1.807) is 0 Å². The van der Waals surface area contributed by atoms with E-state index in [-0.39, 0.29) is 4.21 Å². The highest BCUT2D eigenvalue weighted by molar-refractivity contribution is 7.94. The number of nitrogens with one attached hydrogen (secondary N) is 1. The molecule has 1 N–H and O–H groups in total. The zero-order chi connectivity index (χ0) is 14.2. The molecule has 0 aliphatic rings. The lowest BCUT2D eigenvalue weighted by atomic mass is 10.1. The van der Waals surface area contributed by atoms with Gasteiger partial charge in [0.1, 0.15) is 4.21 Å². The Labute approximate surface area is 116 Å². The molecule has 0 atom stereocenters. The fourth-order valence-corrected chi connectivity index (χ4v) is 4.17. The van der Waals surface area contributed by atoms with Crippen molar-refractivity contribution in [3.63, 3.8) is 0 Å². The van der Waals surface area contributed by atoms with Crippen LogP contribution in [0.3, 0.4) is 0 Å². The van der Waals surface area contributed by atoms with Gasteiger partial charge in [0, 0.05) is 0 Å². The molecule has 6 heteroatoms. The lowest BCUT2D eigenvalue weighted by Crippen LogP contribution is -2.13. The summed E-state index contributed by atoms with van der Waals surface area (Å²) in [4.78, 5) is 0. The van der Waals surface area contributed by atoms with Crippen LogP contribution in [0, 0.1) is 25.9 Å². The number of sulfonamides is 1. The van der Waals surface area contributed by atoms with Crippen molar-refractivity contribution in [3.05, 3.63) is 46.1 Å². The van der Waals surface area contributed by atoms with Crippen LogP contribution < -0.4 is 4.72 Å². The second-order valence-electron chi connectivity index (χ2n) is 4.44. The summed E-state index contributed by atoms with van der Waals surface area (Å²) in [5, 5.41) is -0.516. The van der Waals surface area contributed by atoms with E-state index in [1.165, 1.54) is 6.07 Å². The molecule has 0 aliphatic heterocycles. The number of anilines is 1. The zero-order valence-corrected chi connectivity index (χ0v) is 12.5. The molecule has 1 aromatic heterocycles. The van der Waals surface area contributed by atoms with Gasteiger partial charge in [-0.3, -0.25) is 4.72 Å². The minimum absolute atomic E-state index is 0.0237. The van der Waals surface area contributed by atoms with Gasteiger partial charge in [-0.05, 0) is 44.0 Å². The summed E-state index contributed by atoms with van der Waals surface area (Å²) in [6.07, 6.45) is 0. The standard InChI is InChI=1S/C13H14FNO2S2/c1-8-6-9(2)13(10(3)7-8)15-19(16,17)12-5-4-11(14)18-12/h4-7,15H,1-3H3. The van der Waals surface area contributed by atoms with Gasteiger partial charge in [-0.15, -0.1) is 0 Å². The minimum atomic E-state index is -3.72. The lowest BCUT2D eigenvalue weighted by molar-refractivity contribution is 0.603. The quantitative estimate of drug-likeness (QED) is 0.941. The molecule has 0 spiro atoms. The van der Waals surface area contributed by atoms with Crippen LogP contribution in [0.4, 0.5) is 10.1 Å². The first-order valence-corrected chi connectivity index (χ1v) is 7.95. The molecule has 0 bridgehead atoms. The summed E-state index contributed by atoms with van der Waals surface area (Å²) in [5.74, 6) is 0. The first kappa shape index (κ1) is 14.0. The Kier molecular flexibility index (Phi) is 3.64. The van der Waals surface area contributed by atoms with Gasteiger partial charge >= 0.3 is 0 Å². The van der Waals surface area contributed by atoms with Gasteiger partial charge in [-0.1, -0.05) is 29.0 Å². The largest absolute Gasteiger partial charge is 0.278 e. The molecule has 2 rings (SSSR count). The van der Waals surface area contributed by atoms with Crippen molar-refractivity contribution in [2.45, 2.75) is 25.0 Å². The molecular formula is C13H14FNO2S2. The third kappa shape index (κ3) is 2.96. The van der Waals surface area contributed by atoms with E-state index in [2.05, 4.69) is 4.72 Å².